The van der Waals surface area contributed by atoms with E-state index in [4.69, 9.17) is 9.47 Å². The van der Waals surface area contributed by atoms with Gasteiger partial charge in [-0.05, 0) is 38.1 Å². The fourth-order valence-electron chi connectivity index (χ4n) is 2.09. The van der Waals surface area contributed by atoms with Crippen LogP contribution in [0.25, 0.3) is 0 Å². The van der Waals surface area contributed by atoms with Crippen LogP contribution in [0.15, 0.2) is 18.2 Å². The first-order chi connectivity index (χ1) is 9.69. The van der Waals surface area contributed by atoms with Crippen molar-refractivity contribution < 1.29 is 18.7 Å². The van der Waals surface area contributed by atoms with Crippen molar-refractivity contribution in [3.8, 4) is 5.75 Å². The lowest BCUT2D eigenvalue weighted by Gasteiger charge is -2.22. The molecule has 6 heteroatoms. The van der Waals surface area contributed by atoms with Gasteiger partial charge in [-0.1, -0.05) is 0 Å². The van der Waals surface area contributed by atoms with Crippen LogP contribution in [0.5, 0.6) is 5.75 Å². The molecule has 1 aromatic carbocycles. The third-order valence-corrected chi connectivity index (χ3v) is 3.17. The summed E-state index contributed by atoms with van der Waals surface area (Å²) >= 11 is 0. The second-order valence-electron chi connectivity index (χ2n) is 4.66. The number of hydrogen-bond donors (Lipinski definition) is 2. The van der Waals surface area contributed by atoms with Crippen molar-refractivity contribution in [3.05, 3.63) is 24.0 Å². The highest BCUT2D eigenvalue weighted by Gasteiger charge is 2.15. The van der Waals surface area contributed by atoms with Crippen molar-refractivity contribution in [2.45, 2.75) is 18.9 Å². The van der Waals surface area contributed by atoms with Crippen LogP contribution >= 0.6 is 0 Å². The van der Waals surface area contributed by atoms with Gasteiger partial charge in [0.15, 0.2) is 11.6 Å². The van der Waals surface area contributed by atoms with Crippen LogP contribution in [-0.4, -0.2) is 38.8 Å². The molecule has 0 radical (unpaired) electrons. The van der Waals surface area contributed by atoms with Gasteiger partial charge in [0.25, 0.3) is 0 Å². The molecule has 5 nitrogen and oxygen atoms in total. The van der Waals surface area contributed by atoms with Crippen molar-refractivity contribution in [1.82, 2.24) is 5.32 Å². The highest BCUT2D eigenvalue weighted by molar-refractivity contribution is 5.91. The van der Waals surface area contributed by atoms with Crippen molar-refractivity contribution in [1.29, 1.82) is 0 Å². The van der Waals surface area contributed by atoms with Gasteiger partial charge >= 0.3 is 0 Å². The average Bonchev–Trinajstić information content (AvgIpc) is 2.48. The molecule has 1 fully saturated rings. The molecule has 20 heavy (non-hydrogen) atoms. The molecule has 1 aromatic rings. The lowest BCUT2D eigenvalue weighted by molar-refractivity contribution is -0.123. The predicted molar refractivity (Wildman–Crippen MR) is 73.4 cm³/mol. The molecule has 110 valence electrons. The highest BCUT2D eigenvalue weighted by Crippen LogP contribution is 2.21. The Hall–Kier alpha value is -1.66. The van der Waals surface area contributed by atoms with Crippen LogP contribution in [0, 0.1) is 5.82 Å². The maximum atomic E-state index is 13.2. The molecule has 2 rings (SSSR count). The van der Waals surface area contributed by atoms with Gasteiger partial charge in [0, 0.05) is 11.8 Å². The Bertz CT molecular complexity index is 462. The smallest absolute Gasteiger partial charge is 0.250 e. The number of nitrogens with one attached hydrogen (secondary N) is 2. The number of amides is 1. The summed E-state index contributed by atoms with van der Waals surface area (Å²) in [6.07, 6.45) is 1.96. The lowest BCUT2D eigenvalue weighted by atomic mass is 10.1. The molecule has 1 saturated heterocycles. The molecule has 1 aliphatic rings. The SMILES string of the molecule is COc1cc(NC(=O)COC2CCNCC2)ccc1F. The minimum Gasteiger partial charge on any atom is -0.494 e. The molecule has 0 spiro atoms. The average molecular weight is 282 g/mol. The van der Waals surface area contributed by atoms with E-state index >= 15 is 0 Å². The number of ether oxygens (including phenoxy) is 2. The summed E-state index contributed by atoms with van der Waals surface area (Å²) in [6.45, 7) is 1.84. The summed E-state index contributed by atoms with van der Waals surface area (Å²) in [5.74, 6) is -0.615. The van der Waals surface area contributed by atoms with Gasteiger partial charge in [-0.25, -0.2) is 4.39 Å². The lowest BCUT2D eigenvalue weighted by Crippen LogP contribution is -2.34. The van der Waals surface area contributed by atoms with Gasteiger partial charge in [0.05, 0.1) is 13.2 Å². The van der Waals surface area contributed by atoms with E-state index in [9.17, 15) is 9.18 Å². The molecule has 0 aromatic heterocycles. The predicted octanol–water partition coefficient (Wildman–Crippen LogP) is 1.54. The second-order valence-corrected chi connectivity index (χ2v) is 4.66. The summed E-state index contributed by atoms with van der Waals surface area (Å²) < 4.78 is 23.6. The number of piperidine rings is 1. The minimum absolute atomic E-state index is 0.00432. The van der Waals surface area contributed by atoms with Crippen molar-refractivity contribution in [3.63, 3.8) is 0 Å². The Balaban J connectivity index is 1.81. The van der Waals surface area contributed by atoms with Crippen LogP contribution in [0.1, 0.15) is 12.8 Å². The molecule has 1 amide bonds. The number of methoxy groups -OCH3 is 1. The van der Waals surface area contributed by atoms with Gasteiger partial charge in [0.1, 0.15) is 6.61 Å². The Morgan fingerprint density at radius 3 is 2.90 bits per heavy atom. The third kappa shape index (κ3) is 4.18. The minimum atomic E-state index is -0.462. The normalized spacial score (nSPS) is 15.9. The van der Waals surface area contributed by atoms with Crippen molar-refractivity contribution >= 4 is 11.6 Å². The summed E-state index contributed by atoms with van der Waals surface area (Å²) in [5, 5.41) is 5.89. The van der Waals surface area contributed by atoms with Crippen LogP contribution in [0.3, 0.4) is 0 Å². The molecule has 2 N–H and O–H groups in total. The van der Waals surface area contributed by atoms with E-state index in [1.165, 1.54) is 25.3 Å². The third-order valence-electron chi connectivity index (χ3n) is 3.17. The number of carbonyl (C=O) groups is 1. The first kappa shape index (κ1) is 14.7. The van der Waals surface area contributed by atoms with Crippen molar-refractivity contribution in [2.75, 3.05) is 32.1 Å². The van der Waals surface area contributed by atoms with E-state index in [1.807, 2.05) is 0 Å². The van der Waals surface area contributed by atoms with Crippen LogP contribution in [0.4, 0.5) is 10.1 Å². The Morgan fingerprint density at radius 1 is 1.45 bits per heavy atom. The number of benzene rings is 1. The fourth-order valence-corrected chi connectivity index (χ4v) is 2.09. The first-order valence-electron chi connectivity index (χ1n) is 6.65. The Labute approximate surface area is 117 Å². The van der Waals surface area contributed by atoms with Crippen molar-refractivity contribution in [2.24, 2.45) is 0 Å². The van der Waals surface area contributed by atoms with Crippen LogP contribution in [-0.2, 0) is 9.53 Å². The topological polar surface area (TPSA) is 59.6 Å². The first-order valence-corrected chi connectivity index (χ1v) is 6.65. The largest absolute Gasteiger partial charge is 0.494 e. The van der Waals surface area contributed by atoms with E-state index in [0.717, 1.165) is 25.9 Å². The maximum Gasteiger partial charge on any atom is 0.250 e. The van der Waals surface area contributed by atoms with E-state index in [0.29, 0.717) is 5.69 Å². The zero-order chi connectivity index (χ0) is 14.4. The van der Waals surface area contributed by atoms with Gasteiger partial charge in [-0.2, -0.15) is 0 Å². The number of rotatable bonds is 5. The van der Waals surface area contributed by atoms with Gasteiger partial charge in [-0.15, -0.1) is 0 Å². The van der Waals surface area contributed by atoms with E-state index in [2.05, 4.69) is 10.6 Å². The summed E-state index contributed by atoms with van der Waals surface area (Å²) in [5.41, 5.74) is 0.488. The Kier molecular flexibility index (Phi) is 5.31. The van der Waals surface area contributed by atoms with Gasteiger partial charge in [0.2, 0.25) is 5.91 Å². The molecule has 0 bridgehead atoms. The number of anilines is 1. The molecular formula is C14H19FN2O3. The van der Waals surface area contributed by atoms with Gasteiger partial charge < -0.3 is 20.1 Å². The molecule has 1 aliphatic heterocycles. The Morgan fingerprint density at radius 2 is 2.20 bits per heavy atom. The molecule has 0 unspecified atom stereocenters. The van der Waals surface area contributed by atoms with Gasteiger partial charge in [-0.3, -0.25) is 4.79 Å². The molecule has 1 heterocycles. The monoisotopic (exact) mass is 282 g/mol. The number of carbonyl (C=O) groups excluding carboxylic acids is 1. The maximum absolute atomic E-state index is 13.2. The zero-order valence-electron chi connectivity index (χ0n) is 11.4. The standard InChI is InChI=1S/C14H19FN2O3/c1-19-13-8-10(2-3-12(13)15)17-14(18)9-20-11-4-6-16-7-5-11/h2-3,8,11,16H,4-7,9H2,1H3,(H,17,18). The molecule has 0 aliphatic carbocycles. The number of hydrogen-bond acceptors (Lipinski definition) is 4. The number of halogens is 1. The molecular weight excluding hydrogens is 263 g/mol. The summed E-state index contributed by atoms with van der Waals surface area (Å²) in [7, 11) is 1.38. The summed E-state index contributed by atoms with van der Waals surface area (Å²) in [6, 6.07) is 4.18. The quantitative estimate of drug-likeness (QED) is 0.860. The second kappa shape index (κ2) is 7.21. The summed E-state index contributed by atoms with van der Waals surface area (Å²) in [4.78, 5) is 11.8. The van der Waals surface area contributed by atoms with E-state index in [-0.39, 0.29) is 24.4 Å². The molecule has 0 saturated carbocycles. The van der Waals surface area contributed by atoms with E-state index < -0.39 is 5.82 Å². The highest BCUT2D eigenvalue weighted by atomic mass is 19.1. The fraction of sp³-hybridized carbons (Fsp3) is 0.500. The van der Waals surface area contributed by atoms with E-state index in [1.54, 1.807) is 0 Å². The van der Waals surface area contributed by atoms with Crippen LogP contribution < -0.4 is 15.4 Å². The van der Waals surface area contributed by atoms with Crippen LogP contribution in [0.2, 0.25) is 0 Å². The zero-order valence-corrected chi connectivity index (χ0v) is 11.4. The molecule has 0 atom stereocenters.